The normalized spacial score (nSPS) is 16.6. The average molecular weight is 296 g/mol. The number of nitrogens with one attached hydrogen (secondary N) is 1. The van der Waals surface area contributed by atoms with Crippen molar-refractivity contribution in [1.82, 2.24) is 9.80 Å². The van der Waals surface area contributed by atoms with Gasteiger partial charge in [-0.2, -0.15) is 0 Å². The molecule has 0 saturated carbocycles. The van der Waals surface area contributed by atoms with E-state index in [9.17, 15) is 4.79 Å². The third-order valence-electron chi connectivity index (χ3n) is 3.84. The first-order valence-electron chi connectivity index (χ1n) is 7.04. The van der Waals surface area contributed by atoms with E-state index in [-0.39, 0.29) is 6.03 Å². The van der Waals surface area contributed by atoms with Crippen molar-refractivity contribution in [1.29, 1.82) is 0 Å². The highest BCUT2D eigenvalue weighted by molar-refractivity contribution is 6.31. The van der Waals surface area contributed by atoms with E-state index in [1.54, 1.807) is 0 Å². The minimum atomic E-state index is -0.0428. The number of carbonyl (C=O) groups is 1. The molecule has 1 N–H and O–H groups in total. The van der Waals surface area contributed by atoms with E-state index in [1.165, 1.54) is 0 Å². The Kier molecular flexibility index (Phi) is 4.89. The average Bonchev–Trinajstić information content (AvgIpc) is 2.44. The molecular formula is C15H22ClN3O. The van der Waals surface area contributed by atoms with Gasteiger partial charge in [0.05, 0.1) is 0 Å². The number of nitrogens with zero attached hydrogens (tertiary/aromatic N) is 2. The largest absolute Gasteiger partial charge is 0.322 e. The summed E-state index contributed by atoms with van der Waals surface area (Å²) in [5, 5.41) is 3.62. The fourth-order valence-corrected chi connectivity index (χ4v) is 2.55. The van der Waals surface area contributed by atoms with Gasteiger partial charge in [-0.1, -0.05) is 17.7 Å². The van der Waals surface area contributed by atoms with Crippen LogP contribution in [0.3, 0.4) is 0 Å². The highest BCUT2D eigenvalue weighted by Gasteiger charge is 2.22. The van der Waals surface area contributed by atoms with Gasteiger partial charge in [0, 0.05) is 42.9 Å². The Morgan fingerprint density at radius 2 is 1.90 bits per heavy atom. The van der Waals surface area contributed by atoms with Crippen molar-refractivity contribution >= 4 is 23.3 Å². The van der Waals surface area contributed by atoms with Gasteiger partial charge in [-0.15, -0.1) is 0 Å². The number of anilines is 1. The summed E-state index contributed by atoms with van der Waals surface area (Å²) in [4.78, 5) is 16.5. The summed E-state index contributed by atoms with van der Waals surface area (Å²) in [6, 6.07) is 6.05. The van der Waals surface area contributed by atoms with Gasteiger partial charge < -0.3 is 10.2 Å². The Bertz CT molecular complexity index is 482. The molecule has 2 amide bonds. The van der Waals surface area contributed by atoms with Gasteiger partial charge in [-0.3, -0.25) is 4.90 Å². The number of halogens is 1. The number of piperazine rings is 1. The molecule has 1 aliphatic heterocycles. The Morgan fingerprint density at radius 1 is 1.25 bits per heavy atom. The van der Waals surface area contributed by atoms with Crippen LogP contribution in [0.5, 0.6) is 0 Å². The molecule has 0 atom stereocenters. The Balaban J connectivity index is 1.95. The van der Waals surface area contributed by atoms with Crippen molar-refractivity contribution in [3.05, 3.63) is 28.8 Å². The molecule has 0 radical (unpaired) electrons. The lowest BCUT2D eigenvalue weighted by Crippen LogP contribution is -2.51. The van der Waals surface area contributed by atoms with Gasteiger partial charge in [0.1, 0.15) is 0 Å². The van der Waals surface area contributed by atoms with Crippen LogP contribution in [0.1, 0.15) is 19.4 Å². The molecule has 2 rings (SSSR count). The minimum absolute atomic E-state index is 0.0428. The third-order valence-corrected chi connectivity index (χ3v) is 4.25. The van der Waals surface area contributed by atoms with E-state index in [4.69, 9.17) is 11.6 Å². The third kappa shape index (κ3) is 3.44. The van der Waals surface area contributed by atoms with Gasteiger partial charge in [0.2, 0.25) is 0 Å². The molecule has 5 heteroatoms. The zero-order valence-electron chi connectivity index (χ0n) is 12.3. The van der Waals surface area contributed by atoms with Gasteiger partial charge >= 0.3 is 6.03 Å². The molecule has 1 saturated heterocycles. The first-order chi connectivity index (χ1) is 9.49. The molecule has 0 aliphatic carbocycles. The molecule has 110 valence electrons. The maximum Gasteiger partial charge on any atom is 0.321 e. The summed E-state index contributed by atoms with van der Waals surface area (Å²) in [5.41, 5.74) is 1.69. The highest BCUT2D eigenvalue weighted by atomic mass is 35.5. The zero-order valence-corrected chi connectivity index (χ0v) is 13.1. The number of rotatable bonds is 2. The standard InChI is InChI=1S/C15H22ClN3O/c1-11(2)18-7-9-19(10-8-18)15(20)17-14-6-4-5-13(16)12(14)3/h4-6,11H,7-10H2,1-3H3,(H,17,20). The second-order valence-corrected chi connectivity index (χ2v) is 5.87. The minimum Gasteiger partial charge on any atom is -0.322 e. The van der Waals surface area contributed by atoms with Crippen molar-refractivity contribution in [2.75, 3.05) is 31.5 Å². The van der Waals surface area contributed by atoms with Crippen LogP contribution in [0.2, 0.25) is 5.02 Å². The van der Waals surface area contributed by atoms with Crippen LogP contribution in [0.4, 0.5) is 10.5 Å². The molecular weight excluding hydrogens is 274 g/mol. The van der Waals surface area contributed by atoms with Crippen molar-refractivity contribution in [2.45, 2.75) is 26.8 Å². The fourth-order valence-electron chi connectivity index (χ4n) is 2.38. The molecule has 0 aromatic heterocycles. The van der Waals surface area contributed by atoms with Crippen LogP contribution < -0.4 is 5.32 Å². The summed E-state index contributed by atoms with van der Waals surface area (Å²) in [6.07, 6.45) is 0. The SMILES string of the molecule is Cc1c(Cl)cccc1NC(=O)N1CCN(C(C)C)CC1. The molecule has 20 heavy (non-hydrogen) atoms. The van der Waals surface area contributed by atoms with Gasteiger partial charge in [0.25, 0.3) is 0 Å². The monoisotopic (exact) mass is 295 g/mol. The van der Waals surface area contributed by atoms with Gasteiger partial charge in [-0.25, -0.2) is 4.79 Å². The summed E-state index contributed by atoms with van der Waals surface area (Å²) in [6.45, 7) is 9.68. The van der Waals surface area contributed by atoms with E-state index < -0.39 is 0 Å². The molecule has 1 aliphatic rings. The number of amides is 2. The van der Waals surface area contributed by atoms with Crippen LogP contribution in [-0.2, 0) is 0 Å². The van der Waals surface area contributed by atoms with Crippen LogP contribution in [0, 0.1) is 6.92 Å². The number of hydrogen-bond donors (Lipinski definition) is 1. The number of urea groups is 1. The lowest BCUT2D eigenvalue weighted by Gasteiger charge is -2.36. The predicted molar refractivity (Wildman–Crippen MR) is 83.5 cm³/mol. The summed E-state index contributed by atoms with van der Waals surface area (Å²) in [5.74, 6) is 0. The second-order valence-electron chi connectivity index (χ2n) is 5.46. The molecule has 1 aromatic carbocycles. The lowest BCUT2D eigenvalue weighted by molar-refractivity contribution is 0.125. The summed E-state index contributed by atoms with van der Waals surface area (Å²) < 4.78 is 0. The number of hydrogen-bond acceptors (Lipinski definition) is 2. The van der Waals surface area contributed by atoms with Crippen molar-refractivity contribution < 1.29 is 4.79 Å². The maximum absolute atomic E-state index is 12.3. The molecule has 0 spiro atoms. The Labute approximate surface area is 125 Å². The second kappa shape index (κ2) is 6.46. The first kappa shape index (κ1) is 15.1. The summed E-state index contributed by atoms with van der Waals surface area (Å²) >= 11 is 6.07. The van der Waals surface area contributed by atoms with Crippen molar-refractivity contribution in [2.24, 2.45) is 0 Å². The maximum atomic E-state index is 12.3. The van der Waals surface area contributed by atoms with Crippen LogP contribution in [-0.4, -0.2) is 48.1 Å². The number of benzene rings is 1. The van der Waals surface area contributed by atoms with E-state index in [0.29, 0.717) is 11.1 Å². The highest BCUT2D eigenvalue weighted by Crippen LogP contribution is 2.23. The molecule has 0 unspecified atom stereocenters. The van der Waals surface area contributed by atoms with E-state index in [1.807, 2.05) is 30.0 Å². The van der Waals surface area contributed by atoms with Crippen molar-refractivity contribution in [3.8, 4) is 0 Å². The lowest BCUT2D eigenvalue weighted by atomic mass is 10.2. The zero-order chi connectivity index (χ0) is 14.7. The quantitative estimate of drug-likeness (QED) is 0.909. The van der Waals surface area contributed by atoms with Crippen molar-refractivity contribution in [3.63, 3.8) is 0 Å². The predicted octanol–water partition coefficient (Wildman–Crippen LogP) is 3.21. The molecule has 1 aromatic rings. The fraction of sp³-hybridized carbons (Fsp3) is 0.533. The van der Waals surface area contributed by atoms with Crippen LogP contribution in [0.15, 0.2) is 18.2 Å². The van der Waals surface area contributed by atoms with Crippen LogP contribution >= 0.6 is 11.6 Å². The van der Waals surface area contributed by atoms with E-state index in [0.717, 1.165) is 37.4 Å². The Hall–Kier alpha value is -1.26. The van der Waals surface area contributed by atoms with Gasteiger partial charge in [0.15, 0.2) is 0 Å². The molecule has 4 nitrogen and oxygen atoms in total. The molecule has 1 fully saturated rings. The topological polar surface area (TPSA) is 35.6 Å². The number of carbonyl (C=O) groups excluding carboxylic acids is 1. The molecule has 1 heterocycles. The smallest absolute Gasteiger partial charge is 0.321 e. The Morgan fingerprint density at radius 3 is 2.50 bits per heavy atom. The summed E-state index contributed by atoms with van der Waals surface area (Å²) in [7, 11) is 0. The van der Waals surface area contributed by atoms with Gasteiger partial charge in [-0.05, 0) is 38.5 Å². The molecule has 0 bridgehead atoms. The van der Waals surface area contributed by atoms with Crippen LogP contribution in [0.25, 0.3) is 0 Å². The first-order valence-corrected chi connectivity index (χ1v) is 7.42. The van der Waals surface area contributed by atoms with E-state index >= 15 is 0 Å². The van der Waals surface area contributed by atoms with E-state index in [2.05, 4.69) is 24.1 Å².